The summed E-state index contributed by atoms with van der Waals surface area (Å²) in [5, 5.41) is 7.31. The summed E-state index contributed by atoms with van der Waals surface area (Å²) in [6.45, 7) is 12.7. The molecular formula is C43H40F3N5. The van der Waals surface area contributed by atoms with Gasteiger partial charge in [0.1, 0.15) is 17.5 Å². The van der Waals surface area contributed by atoms with Gasteiger partial charge < -0.3 is 14.4 Å². The van der Waals surface area contributed by atoms with Gasteiger partial charge in [0.15, 0.2) is 0 Å². The van der Waals surface area contributed by atoms with Crippen molar-refractivity contribution in [2.75, 3.05) is 23.5 Å². The molecule has 258 valence electrons. The van der Waals surface area contributed by atoms with E-state index in [4.69, 9.17) is 5.10 Å². The molecule has 0 spiro atoms. The van der Waals surface area contributed by atoms with Crippen LogP contribution in [-0.4, -0.2) is 28.1 Å². The van der Waals surface area contributed by atoms with Crippen molar-refractivity contribution in [1.29, 1.82) is 0 Å². The van der Waals surface area contributed by atoms with Crippen molar-refractivity contribution in [2.45, 2.75) is 52.4 Å². The second-order valence-corrected chi connectivity index (χ2v) is 15.6. The average molecular weight is 684 g/mol. The van der Waals surface area contributed by atoms with E-state index in [0.717, 1.165) is 63.4 Å². The first-order chi connectivity index (χ1) is 24.2. The molecule has 0 saturated heterocycles. The van der Waals surface area contributed by atoms with Crippen LogP contribution in [0.1, 0.15) is 52.9 Å². The number of halogens is 3. The number of para-hydroxylation sites is 3. The van der Waals surface area contributed by atoms with Crippen LogP contribution in [0.15, 0.2) is 103 Å². The summed E-state index contributed by atoms with van der Waals surface area (Å²) in [5.41, 5.74) is 7.28. The van der Waals surface area contributed by atoms with Crippen molar-refractivity contribution in [2.24, 2.45) is 0 Å². The van der Waals surface area contributed by atoms with E-state index in [1.165, 1.54) is 5.69 Å². The van der Waals surface area contributed by atoms with Crippen molar-refractivity contribution in [3.63, 3.8) is 0 Å². The van der Waals surface area contributed by atoms with Gasteiger partial charge in [-0.2, -0.15) is 5.10 Å². The van der Waals surface area contributed by atoms with Crippen LogP contribution in [-0.2, 0) is 10.8 Å². The Morgan fingerprint density at radius 2 is 1.24 bits per heavy atom. The lowest BCUT2D eigenvalue weighted by Gasteiger charge is -2.24. The molecular weight excluding hydrogens is 644 g/mol. The normalized spacial score (nSPS) is 13.5. The highest BCUT2D eigenvalue weighted by Gasteiger charge is 2.36. The zero-order valence-electron chi connectivity index (χ0n) is 29.9. The quantitative estimate of drug-likeness (QED) is 0.185. The van der Waals surface area contributed by atoms with Gasteiger partial charge in [-0.05, 0) is 48.5 Å². The summed E-state index contributed by atoms with van der Waals surface area (Å²) >= 11 is 0. The van der Waals surface area contributed by atoms with Gasteiger partial charge in [0.25, 0.3) is 0 Å². The smallest absolute Gasteiger partial charge is 0.137 e. The highest BCUT2D eigenvalue weighted by molar-refractivity contribution is 6.09. The lowest BCUT2D eigenvalue weighted by atomic mass is 9.80. The fraction of sp³-hybridized carbons (Fsp3) is 0.233. The first-order valence-electron chi connectivity index (χ1n) is 17.2. The molecule has 51 heavy (non-hydrogen) atoms. The summed E-state index contributed by atoms with van der Waals surface area (Å²) in [5.74, 6) is -2.87. The second-order valence-electron chi connectivity index (χ2n) is 15.6. The molecule has 0 saturated carbocycles. The van der Waals surface area contributed by atoms with Crippen molar-refractivity contribution < 1.29 is 13.2 Å². The molecule has 8 heteroatoms. The molecule has 0 amide bonds. The minimum atomic E-state index is -0.959. The molecule has 0 unspecified atom stereocenters. The molecule has 3 heterocycles. The van der Waals surface area contributed by atoms with Crippen LogP contribution >= 0.6 is 0 Å². The highest BCUT2D eigenvalue weighted by atomic mass is 19.1. The van der Waals surface area contributed by atoms with E-state index in [9.17, 15) is 4.39 Å². The Kier molecular flexibility index (Phi) is 7.38. The van der Waals surface area contributed by atoms with Crippen LogP contribution in [0.4, 0.5) is 30.2 Å². The van der Waals surface area contributed by atoms with Crippen LogP contribution in [0.25, 0.3) is 44.3 Å². The van der Waals surface area contributed by atoms with E-state index < -0.39 is 28.3 Å². The molecule has 0 radical (unpaired) electrons. The number of rotatable bonds is 4. The van der Waals surface area contributed by atoms with E-state index in [-0.39, 0.29) is 5.56 Å². The zero-order valence-corrected chi connectivity index (χ0v) is 29.9. The van der Waals surface area contributed by atoms with Crippen LogP contribution in [0.3, 0.4) is 0 Å². The van der Waals surface area contributed by atoms with Gasteiger partial charge in [-0.1, -0.05) is 84.0 Å². The van der Waals surface area contributed by atoms with Crippen molar-refractivity contribution in [1.82, 2.24) is 14.3 Å². The molecule has 5 aromatic carbocycles. The standard InChI is InChI=1S/C43H40F3N5/c1-42(2,3)40-39(38-32(45)21-26(44)22-33(38)46)41(43(4,5)6)51(47-40)29-19-20-31-30-15-8-9-16-34(30)50(37(31)24-29)28-14-12-13-27(23-28)49-25-48(7)35-17-10-11-18-36(35)49/h8-24H,25H2,1-7H3. The maximum Gasteiger partial charge on any atom is 0.137 e. The maximum atomic E-state index is 15.6. The number of anilines is 3. The number of nitrogens with zero attached hydrogens (tertiary/aromatic N) is 5. The first-order valence-corrected chi connectivity index (χ1v) is 17.2. The summed E-state index contributed by atoms with van der Waals surface area (Å²) < 4.78 is 49.5. The fourth-order valence-electron chi connectivity index (χ4n) is 7.61. The summed E-state index contributed by atoms with van der Waals surface area (Å²) in [6.07, 6.45) is 0. The molecule has 5 nitrogen and oxygen atoms in total. The fourth-order valence-corrected chi connectivity index (χ4v) is 7.61. The van der Waals surface area contributed by atoms with E-state index in [0.29, 0.717) is 17.0 Å². The average Bonchev–Trinajstić information content (AvgIpc) is 3.74. The van der Waals surface area contributed by atoms with Crippen molar-refractivity contribution in [3.05, 3.63) is 132 Å². The Hall–Kier alpha value is -5.50. The van der Waals surface area contributed by atoms with Crippen LogP contribution in [0.2, 0.25) is 0 Å². The SMILES string of the molecule is CN1CN(c2cccc(-n3c4ccccc4c4ccc(-n5nc(C(C)(C)C)c(-c6c(F)cc(F)cc6F)c5C(C)(C)C)cc43)c2)c2ccccc21. The monoisotopic (exact) mass is 683 g/mol. The van der Waals surface area contributed by atoms with E-state index >= 15 is 8.78 Å². The van der Waals surface area contributed by atoms with Gasteiger partial charge in [-0.15, -0.1) is 0 Å². The van der Waals surface area contributed by atoms with Gasteiger partial charge in [0.2, 0.25) is 0 Å². The topological polar surface area (TPSA) is 29.2 Å². The Balaban J connectivity index is 1.38. The Labute approximate surface area is 296 Å². The lowest BCUT2D eigenvalue weighted by molar-refractivity contribution is 0.535. The Bertz CT molecular complexity index is 2470. The van der Waals surface area contributed by atoms with Crippen molar-refractivity contribution in [3.8, 4) is 22.5 Å². The molecule has 0 fully saturated rings. The molecule has 0 N–H and O–H groups in total. The predicted octanol–water partition coefficient (Wildman–Crippen LogP) is 11.2. The van der Waals surface area contributed by atoms with Crippen molar-refractivity contribution >= 4 is 38.9 Å². The van der Waals surface area contributed by atoms with Gasteiger partial charge in [-0.3, -0.25) is 0 Å². The summed E-state index contributed by atoms with van der Waals surface area (Å²) in [4.78, 5) is 4.57. The molecule has 1 aliphatic rings. The number of fused-ring (bicyclic) bond motifs is 4. The van der Waals surface area contributed by atoms with E-state index in [2.05, 4.69) is 94.2 Å². The largest absolute Gasteiger partial charge is 0.355 e. The molecule has 7 aromatic rings. The third-order valence-corrected chi connectivity index (χ3v) is 9.80. The predicted molar refractivity (Wildman–Crippen MR) is 202 cm³/mol. The van der Waals surface area contributed by atoms with E-state index in [1.807, 2.05) is 64.4 Å². The molecule has 0 atom stereocenters. The van der Waals surface area contributed by atoms with Gasteiger partial charge in [-0.25, -0.2) is 17.9 Å². The third-order valence-electron chi connectivity index (χ3n) is 9.80. The molecule has 1 aliphatic heterocycles. The third kappa shape index (κ3) is 5.27. The van der Waals surface area contributed by atoms with Gasteiger partial charge in [0, 0.05) is 57.7 Å². The van der Waals surface area contributed by atoms with Gasteiger partial charge >= 0.3 is 0 Å². The van der Waals surface area contributed by atoms with Crippen LogP contribution < -0.4 is 9.80 Å². The molecule has 0 aliphatic carbocycles. The summed E-state index contributed by atoms with van der Waals surface area (Å²) in [6, 6.07) is 33.1. The molecule has 2 aromatic heterocycles. The van der Waals surface area contributed by atoms with E-state index in [1.54, 1.807) is 0 Å². The molecule has 0 bridgehead atoms. The maximum absolute atomic E-state index is 15.6. The number of aromatic nitrogens is 3. The lowest BCUT2D eigenvalue weighted by Crippen LogP contribution is -2.24. The number of hydrogen-bond donors (Lipinski definition) is 0. The first kappa shape index (κ1) is 32.7. The van der Waals surface area contributed by atoms with Crippen LogP contribution in [0.5, 0.6) is 0 Å². The summed E-state index contributed by atoms with van der Waals surface area (Å²) in [7, 11) is 2.10. The van der Waals surface area contributed by atoms with Gasteiger partial charge in [0.05, 0.1) is 51.7 Å². The minimum Gasteiger partial charge on any atom is -0.355 e. The Morgan fingerprint density at radius 3 is 1.94 bits per heavy atom. The minimum absolute atomic E-state index is 0.265. The van der Waals surface area contributed by atoms with Crippen LogP contribution in [0, 0.1) is 17.5 Å². The zero-order chi connectivity index (χ0) is 36.0. The molecule has 8 rings (SSSR count). The Morgan fingerprint density at radius 1 is 0.588 bits per heavy atom. The second kappa shape index (κ2) is 11.5. The number of hydrogen-bond acceptors (Lipinski definition) is 3. The highest BCUT2D eigenvalue weighted by Crippen LogP contribution is 2.45. The number of benzene rings is 5.